The first-order valence-corrected chi connectivity index (χ1v) is 6.66. The van der Waals surface area contributed by atoms with E-state index in [1.807, 2.05) is 6.92 Å². The van der Waals surface area contributed by atoms with Crippen LogP contribution in [-0.2, 0) is 6.42 Å². The monoisotopic (exact) mass is 287 g/mol. The number of carbonyl (C=O) groups excluding carboxylic acids is 1. The Hall–Kier alpha value is -2.56. The zero-order valence-corrected chi connectivity index (χ0v) is 11.8. The van der Waals surface area contributed by atoms with Crippen LogP contribution in [-0.4, -0.2) is 11.9 Å². The molecule has 4 nitrogen and oxygen atoms in total. The standard InChI is InChI=1S/C16H18FN3O/c1-10(8-11-2-4-12(17)5-3-11)20-13-6-7-15(18)14(9-13)16(19)21/h2-7,9-10,20H,8,18H2,1H3,(H2,19,21). The number of nitrogens with two attached hydrogens (primary N) is 2. The van der Waals surface area contributed by atoms with Crippen molar-refractivity contribution in [2.75, 3.05) is 11.1 Å². The number of primary amides is 1. The van der Waals surface area contributed by atoms with Crippen molar-refractivity contribution in [1.82, 2.24) is 0 Å². The highest BCUT2D eigenvalue weighted by Gasteiger charge is 2.09. The van der Waals surface area contributed by atoms with Crippen molar-refractivity contribution in [3.63, 3.8) is 0 Å². The van der Waals surface area contributed by atoms with Crippen LogP contribution in [0.25, 0.3) is 0 Å². The summed E-state index contributed by atoms with van der Waals surface area (Å²) in [6, 6.07) is 11.6. The van der Waals surface area contributed by atoms with E-state index in [9.17, 15) is 9.18 Å². The van der Waals surface area contributed by atoms with Gasteiger partial charge < -0.3 is 16.8 Å². The van der Waals surface area contributed by atoms with Crippen molar-refractivity contribution in [1.29, 1.82) is 0 Å². The molecule has 0 aromatic heterocycles. The summed E-state index contributed by atoms with van der Waals surface area (Å²) in [5.74, 6) is -0.800. The molecule has 5 N–H and O–H groups in total. The van der Waals surface area contributed by atoms with E-state index >= 15 is 0 Å². The second-order valence-electron chi connectivity index (χ2n) is 5.04. The zero-order valence-electron chi connectivity index (χ0n) is 11.8. The molecule has 0 spiro atoms. The molecule has 1 atom stereocenters. The van der Waals surface area contributed by atoms with Crippen LogP contribution >= 0.6 is 0 Å². The second kappa shape index (κ2) is 6.26. The number of rotatable bonds is 5. The van der Waals surface area contributed by atoms with Crippen LogP contribution < -0.4 is 16.8 Å². The predicted molar refractivity (Wildman–Crippen MR) is 82.6 cm³/mol. The van der Waals surface area contributed by atoms with Gasteiger partial charge in [0.1, 0.15) is 5.82 Å². The molecule has 0 heterocycles. The summed E-state index contributed by atoms with van der Waals surface area (Å²) in [5, 5.41) is 3.27. The molecule has 2 aromatic rings. The number of benzene rings is 2. The molecule has 0 aliphatic heterocycles. The molecule has 2 rings (SSSR count). The van der Waals surface area contributed by atoms with E-state index in [0.29, 0.717) is 11.3 Å². The fourth-order valence-corrected chi connectivity index (χ4v) is 2.17. The molecule has 0 aliphatic rings. The number of hydrogen-bond donors (Lipinski definition) is 3. The van der Waals surface area contributed by atoms with E-state index in [1.165, 1.54) is 12.1 Å². The fourth-order valence-electron chi connectivity index (χ4n) is 2.17. The van der Waals surface area contributed by atoms with E-state index in [1.54, 1.807) is 30.3 Å². The lowest BCUT2D eigenvalue weighted by Gasteiger charge is -2.16. The van der Waals surface area contributed by atoms with Crippen LogP contribution in [0.3, 0.4) is 0 Å². The van der Waals surface area contributed by atoms with Gasteiger partial charge in [-0.2, -0.15) is 0 Å². The lowest BCUT2D eigenvalue weighted by atomic mass is 10.1. The molecule has 110 valence electrons. The Morgan fingerprint density at radius 3 is 2.52 bits per heavy atom. The Balaban J connectivity index is 2.05. The second-order valence-corrected chi connectivity index (χ2v) is 5.04. The Labute approximate surface area is 123 Å². The van der Waals surface area contributed by atoms with Crippen molar-refractivity contribution < 1.29 is 9.18 Å². The highest BCUT2D eigenvalue weighted by Crippen LogP contribution is 2.19. The van der Waals surface area contributed by atoms with Gasteiger partial charge in [0.2, 0.25) is 0 Å². The average Bonchev–Trinajstić information content (AvgIpc) is 2.43. The van der Waals surface area contributed by atoms with Gasteiger partial charge >= 0.3 is 0 Å². The van der Waals surface area contributed by atoms with Gasteiger partial charge in [-0.1, -0.05) is 12.1 Å². The molecule has 2 aromatic carbocycles. The van der Waals surface area contributed by atoms with Crippen molar-refractivity contribution in [2.45, 2.75) is 19.4 Å². The summed E-state index contributed by atoms with van der Waals surface area (Å²) in [7, 11) is 0. The van der Waals surface area contributed by atoms with Gasteiger partial charge in [0, 0.05) is 17.4 Å². The molecular formula is C16H18FN3O. The van der Waals surface area contributed by atoms with Crippen LogP contribution in [0.15, 0.2) is 42.5 Å². The lowest BCUT2D eigenvalue weighted by Crippen LogP contribution is -2.19. The summed E-state index contributed by atoms with van der Waals surface area (Å²) in [5.41, 5.74) is 13.4. The van der Waals surface area contributed by atoms with Crippen molar-refractivity contribution >= 4 is 17.3 Å². The minimum absolute atomic E-state index is 0.111. The predicted octanol–water partition coefficient (Wildman–Crippen LogP) is 2.55. The first kappa shape index (κ1) is 14.8. The van der Waals surface area contributed by atoms with Crippen molar-refractivity contribution in [2.24, 2.45) is 5.73 Å². The number of nitrogens with one attached hydrogen (secondary N) is 1. The van der Waals surface area contributed by atoms with Crippen LogP contribution in [0.4, 0.5) is 15.8 Å². The van der Waals surface area contributed by atoms with Gasteiger partial charge in [0.15, 0.2) is 0 Å². The third kappa shape index (κ3) is 3.95. The maximum atomic E-state index is 12.9. The lowest BCUT2D eigenvalue weighted by molar-refractivity contribution is 0.100. The number of nitrogen functional groups attached to an aromatic ring is 1. The highest BCUT2D eigenvalue weighted by molar-refractivity contribution is 5.98. The summed E-state index contributed by atoms with van der Waals surface area (Å²) < 4.78 is 12.9. The van der Waals surface area contributed by atoms with E-state index in [2.05, 4.69) is 5.32 Å². The summed E-state index contributed by atoms with van der Waals surface area (Å²) in [6.07, 6.45) is 0.733. The number of anilines is 2. The average molecular weight is 287 g/mol. The van der Waals surface area contributed by atoms with Gasteiger partial charge in [0.05, 0.1) is 5.56 Å². The maximum Gasteiger partial charge on any atom is 0.250 e. The van der Waals surface area contributed by atoms with E-state index in [-0.39, 0.29) is 11.9 Å². The Morgan fingerprint density at radius 1 is 1.24 bits per heavy atom. The molecule has 0 bridgehead atoms. The Kier molecular flexibility index (Phi) is 4.42. The molecular weight excluding hydrogens is 269 g/mol. The molecule has 21 heavy (non-hydrogen) atoms. The fraction of sp³-hybridized carbons (Fsp3) is 0.188. The topological polar surface area (TPSA) is 81.1 Å². The number of amides is 1. The van der Waals surface area contributed by atoms with Crippen LogP contribution in [0.5, 0.6) is 0 Å². The van der Waals surface area contributed by atoms with Gasteiger partial charge in [-0.25, -0.2) is 4.39 Å². The van der Waals surface area contributed by atoms with E-state index in [0.717, 1.165) is 17.7 Å². The summed E-state index contributed by atoms with van der Waals surface area (Å²) in [6.45, 7) is 2.00. The van der Waals surface area contributed by atoms with Crippen LogP contribution in [0.2, 0.25) is 0 Å². The minimum atomic E-state index is -0.553. The molecule has 0 aliphatic carbocycles. The maximum absolute atomic E-state index is 12.9. The Morgan fingerprint density at radius 2 is 1.90 bits per heavy atom. The highest BCUT2D eigenvalue weighted by atomic mass is 19.1. The van der Waals surface area contributed by atoms with E-state index in [4.69, 9.17) is 11.5 Å². The minimum Gasteiger partial charge on any atom is -0.398 e. The molecule has 0 radical (unpaired) electrons. The molecule has 5 heteroatoms. The van der Waals surface area contributed by atoms with Crippen LogP contribution in [0, 0.1) is 5.82 Å². The molecule has 0 saturated heterocycles. The molecule has 0 fully saturated rings. The summed E-state index contributed by atoms with van der Waals surface area (Å²) in [4.78, 5) is 11.3. The SMILES string of the molecule is CC(Cc1ccc(F)cc1)Nc1ccc(N)c(C(N)=O)c1. The van der Waals surface area contributed by atoms with Crippen molar-refractivity contribution in [3.8, 4) is 0 Å². The number of halogens is 1. The number of hydrogen-bond acceptors (Lipinski definition) is 3. The van der Waals surface area contributed by atoms with Gasteiger partial charge in [0.25, 0.3) is 5.91 Å². The van der Waals surface area contributed by atoms with Gasteiger partial charge in [-0.05, 0) is 49.2 Å². The zero-order chi connectivity index (χ0) is 15.4. The van der Waals surface area contributed by atoms with Crippen molar-refractivity contribution in [3.05, 3.63) is 59.4 Å². The van der Waals surface area contributed by atoms with Gasteiger partial charge in [-0.3, -0.25) is 4.79 Å². The quantitative estimate of drug-likeness (QED) is 0.739. The number of carbonyl (C=O) groups is 1. The molecule has 1 amide bonds. The molecule has 0 saturated carbocycles. The smallest absolute Gasteiger partial charge is 0.250 e. The normalized spacial score (nSPS) is 11.9. The first-order chi connectivity index (χ1) is 9.95. The third-order valence-electron chi connectivity index (χ3n) is 3.19. The molecule has 1 unspecified atom stereocenters. The Bertz CT molecular complexity index is 640. The largest absolute Gasteiger partial charge is 0.398 e. The van der Waals surface area contributed by atoms with Gasteiger partial charge in [-0.15, -0.1) is 0 Å². The first-order valence-electron chi connectivity index (χ1n) is 6.66. The van der Waals surface area contributed by atoms with Crippen LogP contribution in [0.1, 0.15) is 22.8 Å². The van der Waals surface area contributed by atoms with E-state index < -0.39 is 5.91 Å². The summed E-state index contributed by atoms with van der Waals surface area (Å²) >= 11 is 0. The third-order valence-corrected chi connectivity index (χ3v) is 3.19.